The quantitative estimate of drug-likeness (QED) is 0.305. The van der Waals surface area contributed by atoms with Crippen molar-refractivity contribution in [2.24, 2.45) is 9.98 Å². The van der Waals surface area contributed by atoms with Gasteiger partial charge >= 0.3 is 0 Å². The molecule has 0 saturated heterocycles. The van der Waals surface area contributed by atoms with Gasteiger partial charge in [-0.25, -0.2) is 13.8 Å². The number of rotatable bonds is 9. The molecular weight excluding hydrogens is 446 g/mol. The van der Waals surface area contributed by atoms with E-state index in [1.165, 1.54) is 13.1 Å². The summed E-state index contributed by atoms with van der Waals surface area (Å²) in [4.78, 5) is 21.3. The summed E-state index contributed by atoms with van der Waals surface area (Å²) >= 11 is 0. The average Bonchev–Trinajstić information content (AvgIpc) is 2.86. The molecule has 5 nitrogen and oxygen atoms in total. The maximum absolute atomic E-state index is 14.3. The third-order valence-electron chi connectivity index (χ3n) is 5.38. The number of carbonyl (C=O) groups is 1. The number of halogens is 2. The van der Waals surface area contributed by atoms with Gasteiger partial charge in [-0.05, 0) is 75.4 Å². The maximum atomic E-state index is 14.3. The Kier molecular flexibility index (Phi) is 10.5. The minimum atomic E-state index is -0.886. The van der Waals surface area contributed by atoms with Crippen LogP contribution >= 0.6 is 0 Å². The standard InChI is InChI=1S/C28H34F2N4O/c1-7-14-31-27(20(6)33-17-19(5)23-12-10-18(4)25(29)26(23)30)34-22-11-13-24(21(9-3)16-22)28(35)32-15-8-2/h7,10-14,16-17H,8-9,15H2,1-6H3,(H,31,34)(H,32,35)/b14-7-,19-17+,33-20+. The van der Waals surface area contributed by atoms with E-state index in [0.717, 1.165) is 17.7 Å². The van der Waals surface area contributed by atoms with Crippen molar-refractivity contribution >= 4 is 28.7 Å². The second kappa shape index (κ2) is 13.3. The Labute approximate surface area is 206 Å². The monoisotopic (exact) mass is 480 g/mol. The first kappa shape index (κ1) is 27.6. The van der Waals surface area contributed by atoms with E-state index in [1.54, 1.807) is 44.3 Å². The highest BCUT2D eigenvalue weighted by molar-refractivity contribution is 6.45. The van der Waals surface area contributed by atoms with Gasteiger partial charge in [-0.3, -0.25) is 9.79 Å². The molecular formula is C28H34F2N4O. The number of nitrogens with zero attached hydrogens (tertiary/aromatic N) is 2. The second-order valence-corrected chi connectivity index (χ2v) is 8.15. The first-order valence-corrected chi connectivity index (χ1v) is 11.8. The van der Waals surface area contributed by atoms with Crippen LogP contribution in [0.4, 0.5) is 14.5 Å². The van der Waals surface area contributed by atoms with Crippen molar-refractivity contribution in [2.75, 3.05) is 11.9 Å². The van der Waals surface area contributed by atoms with E-state index in [1.807, 2.05) is 32.9 Å². The number of amides is 1. The zero-order chi connectivity index (χ0) is 26.0. The van der Waals surface area contributed by atoms with Crippen LogP contribution in [0.5, 0.6) is 0 Å². The van der Waals surface area contributed by atoms with Crippen molar-refractivity contribution in [1.82, 2.24) is 5.32 Å². The van der Waals surface area contributed by atoms with Gasteiger partial charge in [0.15, 0.2) is 17.5 Å². The average molecular weight is 481 g/mol. The molecule has 35 heavy (non-hydrogen) atoms. The summed E-state index contributed by atoms with van der Waals surface area (Å²) in [5.41, 5.74) is 3.78. The van der Waals surface area contributed by atoms with Crippen molar-refractivity contribution in [3.63, 3.8) is 0 Å². The Morgan fingerprint density at radius 1 is 1.03 bits per heavy atom. The number of hydrogen-bond acceptors (Lipinski definition) is 3. The Balaban J connectivity index is 2.34. The third-order valence-corrected chi connectivity index (χ3v) is 5.38. The van der Waals surface area contributed by atoms with Gasteiger partial charge in [0.2, 0.25) is 0 Å². The lowest BCUT2D eigenvalue weighted by Crippen LogP contribution is -2.25. The lowest BCUT2D eigenvalue weighted by atomic mass is 10.0. The van der Waals surface area contributed by atoms with Gasteiger partial charge in [-0.2, -0.15) is 0 Å². The van der Waals surface area contributed by atoms with Crippen LogP contribution in [0.15, 0.2) is 58.8 Å². The molecule has 0 bridgehead atoms. The van der Waals surface area contributed by atoms with Gasteiger partial charge < -0.3 is 10.6 Å². The zero-order valence-corrected chi connectivity index (χ0v) is 21.3. The molecule has 0 aliphatic carbocycles. The molecule has 0 aromatic heterocycles. The SMILES string of the molecule is C\C=C/N=C(Nc1ccc(C(=O)NCCC)c(CC)c1)\C(C)=N\C=C(/C)c1ccc(C)c(F)c1F. The van der Waals surface area contributed by atoms with Gasteiger partial charge in [0.05, 0.1) is 5.71 Å². The summed E-state index contributed by atoms with van der Waals surface area (Å²) in [7, 11) is 0. The number of amidine groups is 1. The molecule has 0 atom stereocenters. The summed E-state index contributed by atoms with van der Waals surface area (Å²) in [6.45, 7) is 11.5. The Hall–Kier alpha value is -3.61. The molecule has 0 unspecified atom stereocenters. The molecule has 0 aliphatic rings. The van der Waals surface area contributed by atoms with E-state index >= 15 is 0 Å². The van der Waals surface area contributed by atoms with Crippen LogP contribution < -0.4 is 10.6 Å². The maximum Gasteiger partial charge on any atom is 0.251 e. The molecule has 2 aromatic rings. The van der Waals surface area contributed by atoms with Crippen LogP contribution in [-0.4, -0.2) is 24.0 Å². The number of benzene rings is 2. The normalized spacial score (nSPS) is 12.9. The molecule has 2 N–H and O–H groups in total. The van der Waals surface area contributed by atoms with Gasteiger partial charge in [0, 0.05) is 35.8 Å². The summed E-state index contributed by atoms with van der Waals surface area (Å²) in [6.07, 6.45) is 6.49. The van der Waals surface area contributed by atoms with Crippen molar-refractivity contribution < 1.29 is 13.6 Å². The number of nitrogens with one attached hydrogen (secondary N) is 2. The topological polar surface area (TPSA) is 65.8 Å². The molecule has 7 heteroatoms. The van der Waals surface area contributed by atoms with Crippen LogP contribution in [0.25, 0.3) is 5.57 Å². The molecule has 0 fully saturated rings. The van der Waals surface area contributed by atoms with Crippen molar-refractivity contribution in [1.29, 1.82) is 0 Å². The van der Waals surface area contributed by atoms with Gasteiger partial charge in [-0.15, -0.1) is 0 Å². The molecule has 1 amide bonds. The summed E-state index contributed by atoms with van der Waals surface area (Å²) in [5, 5.41) is 6.18. The largest absolute Gasteiger partial charge is 0.352 e. The van der Waals surface area contributed by atoms with E-state index in [9.17, 15) is 13.6 Å². The lowest BCUT2D eigenvalue weighted by molar-refractivity contribution is 0.0953. The first-order chi connectivity index (χ1) is 16.7. The van der Waals surface area contributed by atoms with Crippen LogP contribution in [0.2, 0.25) is 0 Å². The number of anilines is 1. The fourth-order valence-corrected chi connectivity index (χ4v) is 3.30. The Morgan fingerprint density at radius 3 is 2.40 bits per heavy atom. The van der Waals surface area contributed by atoms with Crippen molar-refractivity contribution in [3.8, 4) is 0 Å². The van der Waals surface area contributed by atoms with Gasteiger partial charge in [0.25, 0.3) is 5.91 Å². The minimum absolute atomic E-state index is 0.0869. The highest BCUT2D eigenvalue weighted by Gasteiger charge is 2.13. The summed E-state index contributed by atoms with van der Waals surface area (Å²) < 4.78 is 28.3. The number of hydrogen-bond donors (Lipinski definition) is 2. The predicted molar refractivity (Wildman–Crippen MR) is 142 cm³/mol. The van der Waals surface area contributed by atoms with Crippen molar-refractivity contribution in [2.45, 2.75) is 54.4 Å². The van der Waals surface area contributed by atoms with Crippen LogP contribution in [0.1, 0.15) is 68.1 Å². The molecule has 0 aliphatic heterocycles. The Morgan fingerprint density at radius 2 is 1.74 bits per heavy atom. The summed E-state index contributed by atoms with van der Waals surface area (Å²) in [6, 6.07) is 8.63. The molecule has 2 rings (SSSR count). The zero-order valence-electron chi connectivity index (χ0n) is 21.3. The predicted octanol–water partition coefficient (Wildman–Crippen LogP) is 6.84. The number of allylic oxidation sites excluding steroid dienone is 2. The summed E-state index contributed by atoms with van der Waals surface area (Å²) in [5.74, 6) is -1.33. The Bertz CT molecular complexity index is 1180. The van der Waals surface area contributed by atoms with E-state index in [0.29, 0.717) is 35.6 Å². The van der Waals surface area contributed by atoms with Gasteiger partial charge in [0.1, 0.15) is 0 Å². The minimum Gasteiger partial charge on any atom is -0.352 e. The molecule has 0 saturated carbocycles. The number of carbonyl (C=O) groups excluding carboxylic acids is 1. The van der Waals surface area contributed by atoms with Crippen molar-refractivity contribution in [3.05, 3.63) is 82.7 Å². The molecule has 2 aromatic carbocycles. The highest BCUT2D eigenvalue weighted by Crippen LogP contribution is 2.22. The second-order valence-electron chi connectivity index (χ2n) is 8.15. The smallest absolute Gasteiger partial charge is 0.251 e. The number of aliphatic imine (C=N–C) groups is 2. The first-order valence-electron chi connectivity index (χ1n) is 11.8. The van der Waals surface area contributed by atoms with Crippen LogP contribution in [-0.2, 0) is 6.42 Å². The third kappa shape index (κ3) is 7.44. The van der Waals surface area contributed by atoms with Crippen LogP contribution in [0.3, 0.4) is 0 Å². The van der Waals surface area contributed by atoms with E-state index in [2.05, 4.69) is 20.6 Å². The van der Waals surface area contributed by atoms with E-state index in [4.69, 9.17) is 0 Å². The lowest BCUT2D eigenvalue weighted by Gasteiger charge is -2.13. The fourth-order valence-electron chi connectivity index (χ4n) is 3.30. The van der Waals surface area contributed by atoms with Crippen LogP contribution in [0, 0.1) is 18.6 Å². The highest BCUT2D eigenvalue weighted by atomic mass is 19.2. The van der Waals surface area contributed by atoms with E-state index < -0.39 is 11.6 Å². The molecule has 0 radical (unpaired) electrons. The molecule has 0 spiro atoms. The molecule has 0 heterocycles. The molecule has 186 valence electrons. The fraction of sp³-hybridized carbons (Fsp3) is 0.321. The van der Waals surface area contributed by atoms with Gasteiger partial charge in [-0.1, -0.05) is 32.1 Å². The van der Waals surface area contributed by atoms with E-state index in [-0.39, 0.29) is 17.0 Å². The number of aryl methyl sites for hydroxylation is 2.